The van der Waals surface area contributed by atoms with Gasteiger partial charge in [-0.3, -0.25) is 4.79 Å². The summed E-state index contributed by atoms with van der Waals surface area (Å²) < 4.78 is 37.7. The second-order valence-electron chi connectivity index (χ2n) is 3.95. The number of carbonyl (C=O) groups is 1. The van der Waals surface area contributed by atoms with Gasteiger partial charge in [0.05, 0.1) is 11.4 Å². The van der Waals surface area contributed by atoms with Crippen LogP contribution in [-0.2, 0) is 0 Å². The summed E-state index contributed by atoms with van der Waals surface area (Å²) >= 11 is 0. The van der Waals surface area contributed by atoms with Gasteiger partial charge in [0.1, 0.15) is 11.3 Å². The van der Waals surface area contributed by atoms with Gasteiger partial charge in [-0.1, -0.05) is 0 Å². The van der Waals surface area contributed by atoms with Crippen LogP contribution in [0, 0.1) is 5.41 Å². The number of H-pyrrole nitrogens is 1. The molecule has 2 rings (SSSR count). The minimum atomic E-state index is -4.74. The molecular formula is C12H9F3N4O. The van der Waals surface area contributed by atoms with Gasteiger partial charge in [-0.05, 0) is 18.2 Å². The second kappa shape index (κ2) is 4.80. The van der Waals surface area contributed by atoms with E-state index in [9.17, 15) is 18.0 Å². The summed E-state index contributed by atoms with van der Waals surface area (Å²) in [5, 5.41) is 7.66. The fourth-order valence-corrected chi connectivity index (χ4v) is 1.68. The summed E-state index contributed by atoms with van der Waals surface area (Å²) in [5.41, 5.74) is 3.51. The summed E-state index contributed by atoms with van der Waals surface area (Å²) in [4.78, 5) is 17.2. The van der Waals surface area contributed by atoms with Crippen molar-refractivity contribution in [1.82, 2.24) is 9.97 Å². The molecule has 0 amide bonds. The maximum absolute atomic E-state index is 12.6. The van der Waals surface area contributed by atoms with Crippen LogP contribution in [0.4, 0.5) is 13.2 Å². The molecule has 0 atom stereocenters. The third kappa shape index (κ3) is 2.40. The first-order valence-electron chi connectivity index (χ1n) is 5.39. The van der Waals surface area contributed by atoms with Gasteiger partial charge in [-0.15, -0.1) is 0 Å². The molecule has 0 aromatic carbocycles. The summed E-state index contributed by atoms with van der Waals surface area (Å²) in [5.74, 6) is 0. The lowest BCUT2D eigenvalue weighted by Gasteiger charge is -2.10. The smallest absolute Gasteiger partial charge is 0.394 e. The zero-order valence-electron chi connectivity index (χ0n) is 9.95. The molecule has 0 spiro atoms. The Morgan fingerprint density at radius 2 is 2.10 bits per heavy atom. The van der Waals surface area contributed by atoms with E-state index in [0.29, 0.717) is 17.9 Å². The Bertz CT molecular complexity index is 715. The van der Waals surface area contributed by atoms with Crippen LogP contribution in [0.25, 0.3) is 16.6 Å². The largest absolute Gasteiger partial charge is 0.431 e. The topological polar surface area (TPSA) is 95.6 Å². The summed E-state index contributed by atoms with van der Waals surface area (Å²) in [6.07, 6.45) is -3.67. The number of pyridine rings is 1. The molecular weight excluding hydrogens is 273 g/mol. The van der Waals surface area contributed by atoms with E-state index in [0.717, 1.165) is 0 Å². The lowest BCUT2D eigenvalue weighted by Crippen LogP contribution is -2.22. The number of nitrogens with zero attached hydrogens (tertiary/aromatic N) is 1. The average Bonchev–Trinajstić information content (AvgIpc) is 2.80. The first-order valence-corrected chi connectivity index (χ1v) is 5.39. The van der Waals surface area contributed by atoms with Crippen molar-refractivity contribution >= 4 is 29.1 Å². The van der Waals surface area contributed by atoms with E-state index in [1.54, 1.807) is 0 Å². The number of hydrogen-bond acceptors (Lipinski definition) is 4. The highest BCUT2D eigenvalue weighted by atomic mass is 19.4. The molecule has 2 aromatic heterocycles. The van der Waals surface area contributed by atoms with Crippen LogP contribution in [-0.4, -0.2) is 28.6 Å². The third-order valence-corrected chi connectivity index (χ3v) is 2.64. The van der Waals surface area contributed by atoms with Gasteiger partial charge in [0, 0.05) is 17.2 Å². The average molecular weight is 282 g/mol. The predicted octanol–water partition coefficient (Wildman–Crippen LogP) is 2.26. The molecule has 8 heteroatoms. The van der Waals surface area contributed by atoms with E-state index < -0.39 is 17.4 Å². The van der Waals surface area contributed by atoms with Crippen LogP contribution in [0.1, 0.15) is 16.2 Å². The monoisotopic (exact) mass is 282 g/mol. The first kappa shape index (κ1) is 13.8. The first-order chi connectivity index (χ1) is 9.36. The number of aldehydes is 1. The number of hydrogen-bond donors (Lipinski definition) is 3. The van der Waals surface area contributed by atoms with Crippen molar-refractivity contribution in [1.29, 1.82) is 5.41 Å². The van der Waals surface area contributed by atoms with Gasteiger partial charge in [-0.2, -0.15) is 13.2 Å². The number of aromatic amines is 1. The molecule has 0 aliphatic heterocycles. The fourth-order valence-electron chi connectivity index (χ4n) is 1.68. The zero-order valence-corrected chi connectivity index (χ0v) is 9.95. The zero-order chi connectivity index (χ0) is 14.9. The number of nitrogens with one attached hydrogen (secondary N) is 2. The number of nitrogens with two attached hydrogens (primary N) is 1. The van der Waals surface area contributed by atoms with Gasteiger partial charge < -0.3 is 16.1 Å². The Morgan fingerprint density at radius 3 is 2.65 bits per heavy atom. The molecule has 4 N–H and O–H groups in total. The van der Waals surface area contributed by atoms with Gasteiger partial charge >= 0.3 is 6.18 Å². The number of rotatable bonds is 3. The summed E-state index contributed by atoms with van der Waals surface area (Å²) in [6, 6.07) is 4.32. The van der Waals surface area contributed by atoms with E-state index in [1.165, 1.54) is 18.2 Å². The van der Waals surface area contributed by atoms with Gasteiger partial charge in [0.15, 0.2) is 6.29 Å². The second-order valence-corrected chi connectivity index (χ2v) is 3.95. The number of allylic oxidation sites excluding steroid dienone is 2. The highest BCUT2D eigenvalue weighted by molar-refractivity contribution is 6.09. The van der Waals surface area contributed by atoms with Crippen molar-refractivity contribution in [3.05, 3.63) is 35.3 Å². The Morgan fingerprint density at radius 1 is 1.40 bits per heavy atom. The van der Waals surface area contributed by atoms with E-state index in [4.69, 9.17) is 11.1 Å². The molecule has 2 heterocycles. The number of fused-ring (bicyclic) bond motifs is 1. The summed E-state index contributed by atoms with van der Waals surface area (Å²) in [7, 11) is 0. The van der Waals surface area contributed by atoms with Crippen molar-refractivity contribution < 1.29 is 18.0 Å². The molecule has 5 nitrogen and oxygen atoms in total. The molecule has 0 aliphatic carbocycles. The Hall–Kier alpha value is -2.64. The van der Waals surface area contributed by atoms with Gasteiger partial charge in [-0.25, -0.2) is 4.98 Å². The molecule has 0 saturated heterocycles. The minimum Gasteiger partial charge on any atom is -0.394 e. The van der Waals surface area contributed by atoms with Crippen LogP contribution in [0.5, 0.6) is 0 Å². The molecule has 0 radical (unpaired) electrons. The lowest BCUT2D eigenvalue weighted by molar-refractivity contribution is -0.0919. The van der Waals surface area contributed by atoms with Crippen LogP contribution in [0.3, 0.4) is 0 Å². The molecule has 0 aliphatic rings. The molecule has 0 fully saturated rings. The molecule has 0 unspecified atom stereocenters. The molecule has 0 bridgehead atoms. The minimum absolute atomic E-state index is 0.0957. The number of carbonyl (C=O) groups excluding carboxylic acids is 1. The van der Waals surface area contributed by atoms with E-state index in [-0.39, 0.29) is 17.0 Å². The molecule has 2 aromatic rings. The van der Waals surface area contributed by atoms with Crippen LogP contribution in [0.2, 0.25) is 0 Å². The quantitative estimate of drug-likeness (QED) is 0.595. The maximum Gasteiger partial charge on any atom is 0.431 e. The maximum atomic E-state index is 12.6. The van der Waals surface area contributed by atoms with Crippen LogP contribution < -0.4 is 5.73 Å². The van der Waals surface area contributed by atoms with Crippen molar-refractivity contribution in [3.8, 4) is 0 Å². The number of alkyl halides is 3. The third-order valence-electron chi connectivity index (χ3n) is 2.64. The van der Waals surface area contributed by atoms with E-state index in [1.807, 2.05) is 0 Å². The highest BCUT2D eigenvalue weighted by Crippen LogP contribution is 2.28. The van der Waals surface area contributed by atoms with Crippen LogP contribution >= 0.6 is 0 Å². The molecule has 20 heavy (non-hydrogen) atoms. The molecule has 0 saturated carbocycles. The Balaban J connectivity index is 2.61. The van der Waals surface area contributed by atoms with Crippen molar-refractivity contribution in [2.75, 3.05) is 0 Å². The normalized spacial score (nSPS) is 13.2. The Kier molecular flexibility index (Phi) is 3.31. The van der Waals surface area contributed by atoms with Crippen LogP contribution in [0.15, 0.2) is 23.9 Å². The highest BCUT2D eigenvalue weighted by Gasteiger charge is 2.34. The Labute approximate surface area is 110 Å². The van der Waals surface area contributed by atoms with Crippen molar-refractivity contribution in [2.24, 2.45) is 5.73 Å². The SMILES string of the molecule is N=C/C(=C(\N)C(F)(F)F)c1ccc2cc(C=O)[nH]c2n1. The number of halogens is 3. The summed E-state index contributed by atoms with van der Waals surface area (Å²) in [6.45, 7) is 0. The predicted molar refractivity (Wildman–Crippen MR) is 67.4 cm³/mol. The number of aromatic nitrogens is 2. The van der Waals surface area contributed by atoms with Gasteiger partial charge in [0.2, 0.25) is 0 Å². The van der Waals surface area contributed by atoms with Crippen molar-refractivity contribution in [3.63, 3.8) is 0 Å². The molecule has 104 valence electrons. The lowest BCUT2D eigenvalue weighted by atomic mass is 10.1. The van der Waals surface area contributed by atoms with E-state index in [2.05, 4.69) is 9.97 Å². The van der Waals surface area contributed by atoms with Gasteiger partial charge in [0.25, 0.3) is 0 Å². The standard InChI is InChI=1S/C12H9F3N4O/c13-12(14,15)10(17)8(4-16)9-2-1-6-3-7(5-20)18-11(6)19-9/h1-5,16H,17H2,(H,18,19)/b10-8+,16-4?. The fraction of sp³-hybridized carbons (Fsp3) is 0.0833. The van der Waals surface area contributed by atoms with Crippen molar-refractivity contribution in [2.45, 2.75) is 6.18 Å². The van der Waals surface area contributed by atoms with E-state index >= 15 is 0 Å².